The average Bonchev–Trinajstić information content (AvgIpc) is 3.48. The van der Waals surface area contributed by atoms with Gasteiger partial charge in [-0.1, -0.05) is 43.5 Å². The van der Waals surface area contributed by atoms with Gasteiger partial charge in [0.15, 0.2) is 11.5 Å². The number of thiazole rings is 1. The number of para-hydroxylation sites is 1. The Bertz CT molecular complexity index is 919. The van der Waals surface area contributed by atoms with Crippen LogP contribution in [-0.4, -0.2) is 34.4 Å². The Morgan fingerprint density at radius 1 is 1.18 bits per heavy atom. The van der Waals surface area contributed by atoms with Crippen LogP contribution in [0.25, 0.3) is 10.6 Å². The highest BCUT2D eigenvalue weighted by Gasteiger charge is 2.18. The maximum Gasteiger partial charge on any atom is 0.208 e. The summed E-state index contributed by atoms with van der Waals surface area (Å²) in [6.45, 7) is 0. The van der Waals surface area contributed by atoms with Gasteiger partial charge in [-0.3, -0.25) is 5.10 Å². The minimum Gasteiger partial charge on any atom is -0.493 e. The Hall–Kier alpha value is -2.06. The molecule has 1 N–H and O–H groups in total. The van der Waals surface area contributed by atoms with Gasteiger partial charge in [0.1, 0.15) is 10.8 Å². The molecule has 8 heteroatoms. The average molecular weight is 417 g/mol. The van der Waals surface area contributed by atoms with Crippen LogP contribution in [0.5, 0.6) is 11.5 Å². The van der Waals surface area contributed by atoms with Gasteiger partial charge in [0.05, 0.1) is 25.5 Å². The molecule has 1 saturated carbocycles. The Kier molecular flexibility index (Phi) is 6.17. The number of methoxy groups -OCH3 is 2. The van der Waals surface area contributed by atoms with Gasteiger partial charge in [-0.25, -0.2) is 9.97 Å². The summed E-state index contributed by atoms with van der Waals surface area (Å²) in [6, 6.07) is 5.84. The van der Waals surface area contributed by atoms with Crippen LogP contribution in [0, 0.1) is 5.92 Å². The number of H-pyrrole nitrogens is 1. The Balaban J connectivity index is 1.40. The summed E-state index contributed by atoms with van der Waals surface area (Å²) in [6.07, 6.45) is 6.36. The Morgan fingerprint density at radius 3 is 2.82 bits per heavy atom. The van der Waals surface area contributed by atoms with Crippen LogP contribution in [-0.2, 0) is 12.2 Å². The van der Waals surface area contributed by atoms with E-state index >= 15 is 0 Å². The second-order valence-corrected chi connectivity index (χ2v) is 8.69. The van der Waals surface area contributed by atoms with Crippen LogP contribution >= 0.6 is 23.1 Å². The number of aromatic amines is 1. The first-order valence-electron chi connectivity index (χ1n) is 9.46. The fourth-order valence-electron chi connectivity index (χ4n) is 3.61. The minimum atomic E-state index is 0.710. The fourth-order valence-corrected chi connectivity index (χ4v) is 5.27. The third-order valence-electron chi connectivity index (χ3n) is 5.00. The largest absolute Gasteiger partial charge is 0.493 e. The number of thioether (sulfide) groups is 1. The highest BCUT2D eigenvalue weighted by atomic mass is 32.2. The Morgan fingerprint density at radius 2 is 2.04 bits per heavy atom. The number of rotatable bonds is 8. The van der Waals surface area contributed by atoms with Gasteiger partial charge in [0.25, 0.3) is 0 Å². The van der Waals surface area contributed by atoms with Crippen molar-refractivity contribution in [1.82, 2.24) is 20.2 Å². The molecule has 148 valence electrons. The van der Waals surface area contributed by atoms with E-state index in [0.29, 0.717) is 11.5 Å². The molecule has 0 atom stereocenters. The van der Waals surface area contributed by atoms with E-state index < -0.39 is 0 Å². The van der Waals surface area contributed by atoms with E-state index in [1.807, 2.05) is 18.2 Å². The predicted octanol–water partition coefficient (Wildman–Crippen LogP) is 4.97. The summed E-state index contributed by atoms with van der Waals surface area (Å²) in [5.74, 6) is 3.94. The molecule has 2 aromatic heterocycles. The maximum atomic E-state index is 5.53. The molecule has 0 saturated heterocycles. The molecule has 28 heavy (non-hydrogen) atoms. The van der Waals surface area contributed by atoms with Gasteiger partial charge < -0.3 is 9.47 Å². The summed E-state index contributed by atoms with van der Waals surface area (Å²) < 4.78 is 10.9. The van der Waals surface area contributed by atoms with E-state index in [4.69, 9.17) is 14.5 Å². The van der Waals surface area contributed by atoms with Crippen LogP contribution in [0.1, 0.15) is 37.2 Å². The zero-order chi connectivity index (χ0) is 19.3. The molecular formula is C20H24N4O2S2. The third-order valence-corrected chi connectivity index (χ3v) is 6.81. The molecule has 0 unspecified atom stereocenters. The van der Waals surface area contributed by atoms with Crippen LogP contribution in [0.3, 0.4) is 0 Å². The van der Waals surface area contributed by atoms with Gasteiger partial charge in [0.2, 0.25) is 5.16 Å². The minimum absolute atomic E-state index is 0.710. The van der Waals surface area contributed by atoms with Gasteiger partial charge in [0, 0.05) is 17.6 Å². The van der Waals surface area contributed by atoms with Gasteiger partial charge in [-0.05, 0) is 18.1 Å². The molecule has 0 aliphatic heterocycles. The molecule has 0 bridgehead atoms. The van der Waals surface area contributed by atoms with Crippen molar-refractivity contribution in [3.63, 3.8) is 0 Å². The molecule has 1 aromatic carbocycles. The van der Waals surface area contributed by atoms with Crippen molar-refractivity contribution >= 4 is 23.1 Å². The highest BCUT2D eigenvalue weighted by Crippen LogP contribution is 2.39. The molecule has 0 radical (unpaired) electrons. The summed E-state index contributed by atoms with van der Waals surface area (Å²) in [4.78, 5) is 9.41. The standard InChI is InChI=1S/C20H24N4O2S2/c1-25-16-9-5-8-15(18(16)26-2)19-21-14(11-27-19)12-28-20-22-17(23-24-20)10-13-6-3-4-7-13/h5,8-9,11,13H,3-4,6-7,10,12H2,1-2H3,(H,22,23,24). The number of nitrogens with one attached hydrogen (secondary N) is 1. The molecule has 0 amide bonds. The fraction of sp³-hybridized carbons (Fsp3) is 0.450. The van der Waals surface area contributed by atoms with Crippen LogP contribution in [0.15, 0.2) is 28.7 Å². The van der Waals surface area contributed by atoms with E-state index in [0.717, 1.165) is 45.3 Å². The zero-order valence-electron chi connectivity index (χ0n) is 16.1. The lowest BCUT2D eigenvalue weighted by Crippen LogP contribution is -2.00. The van der Waals surface area contributed by atoms with Crippen LogP contribution < -0.4 is 9.47 Å². The lowest BCUT2D eigenvalue weighted by Gasteiger charge is -2.10. The lowest BCUT2D eigenvalue weighted by atomic mass is 10.0. The number of hydrogen-bond acceptors (Lipinski definition) is 7. The third kappa shape index (κ3) is 4.33. The van der Waals surface area contributed by atoms with E-state index in [-0.39, 0.29) is 0 Å². The molecular weight excluding hydrogens is 392 g/mol. The van der Waals surface area contributed by atoms with E-state index in [1.165, 1.54) is 25.7 Å². The van der Waals surface area contributed by atoms with Crippen molar-refractivity contribution in [3.8, 4) is 22.1 Å². The first-order valence-corrected chi connectivity index (χ1v) is 11.3. The van der Waals surface area contributed by atoms with Crippen LogP contribution in [0.2, 0.25) is 0 Å². The first kappa shape index (κ1) is 19.3. The molecule has 1 aliphatic carbocycles. The van der Waals surface area contributed by atoms with Gasteiger partial charge in [-0.15, -0.1) is 16.4 Å². The van der Waals surface area contributed by atoms with E-state index in [2.05, 4.69) is 20.6 Å². The SMILES string of the molecule is COc1cccc(-c2nc(CSc3n[nH]c(CC4CCCC4)n3)cs2)c1OC. The van der Waals surface area contributed by atoms with Crippen molar-refractivity contribution in [2.24, 2.45) is 5.92 Å². The summed E-state index contributed by atoms with van der Waals surface area (Å²) in [5.41, 5.74) is 1.96. The second kappa shape index (κ2) is 8.96. The smallest absolute Gasteiger partial charge is 0.208 e. The predicted molar refractivity (Wildman–Crippen MR) is 112 cm³/mol. The topological polar surface area (TPSA) is 72.9 Å². The monoisotopic (exact) mass is 416 g/mol. The summed E-state index contributed by atoms with van der Waals surface area (Å²) in [7, 11) is 3.29. The lowest BCUT2D eigenvalue weighted by molar-refractivity contribution is 0.356. The number of aromatic nitrogens is 4. The number of hydrogen-bond donors (Lipinski definition) is 1. The molecule has 4 rings (SSSR count). The van der Waals surface area contributed by atoms with Crippen molar-refractivity contribution in [2.45, 2.75) is 43.0 Å². The molecule has 1 aliphatic rings. The van der Waals surface area contributed by atoms with Crippen molar-refractivity contribution in [2.75, 3.05) is 14.2 Å². The molecule has 0 spiro atoms. The van der Waals surface area contributed by atoms with Gasteiger partial charge in [-0.2, -0.15) is 0 Å². The highest BCUT2D eigenvalue weighted by molar-refractivity contribution is 7.98. The van der Waals surface area contributed by atoms with E-state index in [9.17, 15) is 0 Å². The first-order chi connectivity index (χ1) is 13.8. The molecule has 3 aromatic rings. The molecule has 6 nitrogen and oxygen atoms in total. The number of ether oxygens (including phenoxy) is 2. The summed E-state index contributed by atoms with van der Waals surface area (Å²) >= 11 is 3.22. The molecule has 2 heterocycles. The quantitative estimate of drug-likeness (QED) is 0.523. The maximum absolute atomic E-state index is 5.53. The summed E-state index contributed by atoms with van der Waals surface area (Å²) in [5, 5.41) is 11.2. The normalized spacial score (nSPS) is 14.5. The number of benzene rings is 1. The van der Waals surface area contributed by atoms with Crippen molar-refractivity contribution in [1.29, 1.82) is 0 Å². The van der Waals surface area contributed by atoms with Crippen molar-refractivity contribution < 1.29 is 9.47 Å². The second-order valence-electron chi connectivity index (χ2n) is 6.89. The van der Waals surface area contributed by atoms with Crippen molar-refractivity contribution in [3.05, 3.63) is 35.1 Å². The number of nitrogens with zero attached hydrogens (tertiary/aromatic N) is 3. The zero-order valence-corrected chi connectivity index (χ0v) is 17.7. The van der Waals surface area contributed by atoms with Gasteiger partial charge >= 0.3 is 0 Å². The van der Waals surface area contributed by atoms with Crippen LogP contribution in [0.4, 0.5) is 0 Å². The molecule has 1 fully saturated rings. The Labute approximate surface area is 173 Å². The van der Waals surface area contributed by atoms with E-state index in [1.54, 1.807) is 37.3 Å².